The average Bonchev–Trinajstić information content (AvgIpc) is 3.44. The Bertz CT molecular complexity index is 1350. The Morgan fingerprint density at radius 1 is 0.471 bits per heavy atom. The van der Waals surface area contributed by atoms with E-state index in [1.165, 1.54) is 0 Å². The summed E-state index contributed by atoms with van der Waals surface area (Å²) < 4.78 is 11.1. The van der Waals surface area contributed by atoms with Crippen molar-refractivity contribution in [2.24, 2.45) is 0 Å². The van der Waals surface area contributed by atoms with E-state index >= 15 is 0 Å². The van der Waals surface area contributed by atoms with Gasteiger partial charge < -0.3 is 19.0 Å². The van der Waals surface area contributed by atoms with Gasteiger partial charge in [0.2, 0.25) is 11.8 Å². The Labute approximate surface area is 220 Å². The van der Waals surface area contributed by atoms with Gasteiger partial charge in [-0.25, -0.2) is 9.97 Å². The number of rotatable bonds is 2. The van der Waals surface area contributed by atoms with Crippen LogP contribution in [0.15, 0.2) is 106 Å². The molecule has 0 aliphatic heterocycles. The molecular formula is C26H18N2O4Zn2. The molecule has 0 aliphatic carbocycles. The summed E-state index contributed by atoms with van der Waals surface area (Å²) in [6.45, 7) is 0. The van der Waals surface area contributed by atoms with Crippen LogP contribution in [-0.4, -0.2) is 20.2 Å². The van der Waals surface area contributed by atoms with Crippen LogP contribution in [0.2, 0.25) is 0 Å². The molecule has 2 heterocycles. The second-order valence-electron chi connectivity index (χ2n) is 7.01. The fourth-order valence-electron chi connectivity index (χ4n) is 3.28. The molecule has 6 rings (SSSR count). The molecule has 0 saturated carbocycles. The second-order valence-corrected chi connectivity index (χ2v) is 7.01. The van der Waals surface area contributed by atoms with Crippen LogP contribution in [0.4, 0.5) is 0 Å². The van der Waals surface area contributed by atoms with E-state index in [-0.39, 0.29) is 50.5 Å². The van der Waals surface area contributed by atoms with Crippen molar-refractivity contribution in [3.05, 3.63) is 97.1 Å². The molecule has 0 amide bonds. The fraction of sp³-hybridized carbons (Fsp3) is 0. The van der Waals surface area contributed by atoms with Crippen LogP contribution in [0.3, 0.4) is 0 Å². The van der Waals surface area contributed by atoms with E-state index in [1.807, 2.05) is 60.7 Å². The summed E-state index contributed by atoms with van der Waals surface area (Å²) in [5.41, 5.74) is 4.25. The first-order chi connectivity index (χ1) is 15.7. The maximum absolute atomic E-state index is 9.69. The molecule has 4 aromatic carbocycles. The predicted molar refractivity (Wildman–Crippen MR) is 122 cm³/mol. The molecule has 0 radical (unpaired) electrons. The number of oxazole rings is 2. The van der Waals surface area contributed by atoms with Gasteiger partial charge in [-0.1, -0.05) is 48.5 Å². The maximum Gasteiger partial charge on any atom is 0.231 e. The number of nitrogens with zero attached hydrogens (tertiary/aromatic N) is 2. The number of benzene rings is 4. The second kappa shape index (κ2) is 11.2. The zero-order valence-corrected chi connectivity index (χ0v) is 24.2. The van der Waals surface area contributed by atoms with Gasteiger partial charge in [-0.3, -0.25) is 0 Å². The minimum atomic E-state index is 0. The summed E-state index contributed by atoms with van der Waals surface area (Å²) in [5, 5.41) is 19.4. The Balaban J connectivity index is 0.000000180. The number of phenolic OH excluding ortho intramolecular Hbond substituents is 2. The Morgan fingerprint density at radius 3 is 1.21 bits per heavy atom. The molecule has 2 N–H and O–H groups in total. The van der Waals surface area contributed by atoms with Gasteiger partial charge >= 0.3 is 0 Å². The summed E-state index contributed by atoms with van der Waals surface area (Å²) >= 11 is 0. The Morgan fingerprint density at radius 2 is 0.824 bits per heavy atom. The molecule has 0 bridgehead atoms. The first-order valence-corrected chi connectivity index (χ1v) is 9.97. The van der Waals surface area contributed by atoms with E-state index in [9.17, 15) is 10.2 Å². The minimum absolute atomic E-state index is 0. The van der Waals surface area contributed by atoms with E-state index in [2.05, 4.69) is 9.97 Å². The fourth-order valence-corrected chi connectivity index (χ4v) is 3.28. The van der Waals surface area contributed by atoms with Crippen molar-refractivity contribution in [2.75, 3.05) is 0 Å². The summed E-state index contributed by atoms with van der Waals surface area (Å²) in [4.78, 5) is 8.63. The summed E-state index contributed by atoms with van der Waals surface area (Å²) in [7, 11) is 0. The van der Waals surface area contributed by atoms with Gasteiger partial charge in [0.05, 0.1) is 11.1 Å². The van der Waals surface area contributed by atoms with Crippen molar-refractivity contribution in [1.29, 1.82) is 0 Å². The van der Waals surface area contributed by atoms with E-state index < -0.39 is 0 Å². The molecule has 0 fully saturated rings. The smallest absolute Gasteiger partial charge is 0.231 e. The third-order valence-corrected chi connectivity index (χ3v) is 4.86. The van der Waals surface area contributed by atoms with Crippen molar-refractivity contribution >= 4 is 22.2 Å². The number of hydrogen-bond donors (Lipinski definition) is 2. The van der Waals surface area contributed by atoms with Crippen LogP contribution < -0.4 is 0 Å². The van der Waals surface area contributed by atoms with Gasteiger partial charge in [-0.2, -0.15) is 0 Å². The molecule has 34 heavy (non-hydrogen) atoms. The molecule has 6 nitrogen and oxygen atoms in total. The van der Waals surface area contributed by atoms with Gasteiger partial charge in [0.25, 0.3) is 0 Å². The zero-order valence-electron chi connectivity index (χ0n) is 18.3. The van der Waals surface area contributed by atoms with Crippen molar-refractivity contribution < 1.29 is 58.0 Å². The van der Waals surface area contributed by atoms with Gasteiger partial charge in [-0.15, -0.1) is 0 Å². The molecular weight excluding hydrogens is 535 g/mol. The molecule has 2 aromatic heterocycles. The molecule has 8 heteroatoms. The predicted octanol–water partition coefficient (Wildman–Crippen LogP) is 6.40. The normalized spacial score (nSPS) is 10.1. The third-order valence-electron chi connectivity index (χ3n) is 4.86. The standard InChI is InChI=1S/2C13H9NO2.2Zn/c2*15-11-7-3-1-5-9(11)13-14-10-6-2-4-8-12(10)16-13;;/h2*1-8,15H;;. The van der Waals surface area contributed by atoms with Gasteiger partial charge in [0.15, 0.2) is 11.2 Å². The van der Waals surface area contributed by atoms with Gasteiger partial charge in [-0.05, 0) is 48.5 Å². The summed E-state index contributed by atoms with van der Waals surface area (Å²) in [6, 6.07) is 29.0. The van der Waals surface area contributed by atoms with Crippen LogP contribution in [-0.2, 0) is 39.0 Å². The van der Waals surface area contributed by atoms with Crippen molar-refractivity contribution in [1.82, 2.24) is 9.97 Å². The summed E-state index contributed by atoms with van der Waals surface area (Å²) in [6.07, 6.45) is 0. The van der Waals surface area contributed by atoms with E-state index in [0.717, 1.165) is 22.2 Å². The quantitative estimate of drug-likeness (QED) is 0.242. The molecule has 0 saturated heterocycles. The first kappa shape index (κ1) is 25.3. The third kappa shape index (κ3) is 5.25. The Kier molecular flexibility index (Phi) is 8.33. The monoisotopic (exact) mass is 550 g/mol. The maximum atomic E-state index is 9.69. The number of para-hydroxylation sites is 6. The van der Waals surface area contributed by atoms with E-state index in [1.54, 1.807) is 36.4 Å². The first-order valence-electron chi connectivity index (χ1n) is 9.97. The number of fused-ring (bicyclic) bond motifs is 2. The van der Waals surface area contributed by atoms with E-state index in [4.69, 9.17) is 8.83 Å². The average molecular weight is 553 g/mol. The number of aromatic hydroxyl groups is 2. The molecule has 0 atom stereocenters. The Hall–Kier alpha value is -3.33. The van der Waals surface area contributed by atoms with Crippen molar-refractivity contribution in [3.63, 3.8) is 0 Å². The molecule has 6 aromatic rings. The van der Waals surface area contributed by atoms with Crippen LogP contribution in [0.1, 0.15) is 0 Å². The van der Waals surface area contributed by atoms with Crippen LogP contribution in [0.5, 0.6) is 11.5 Å². The van der Waals surface area contributed by atoms with Gasteiger partial charge in [0, 0.05) is 39.0 Å². The minimum Gasteiger partial charge on any atom is -0.507 e. The van der Waals surface area contributed by atoms with Gasteiger partial charge in [0.1, 0.15) is 22.5 Å². The number of phenols is 2. The topological polar surface area (TPSA) is 92.5 Å². The van der Waals surface area contributed by atoms with Crippen LogP contribution in [0.25, 0.3) is 45.1 Å². The van der Waals surface area contributed by atoms with Crippen LogP contribution >= 0.6 is 0 Å². The van der Waals surface area contributed by atoms with Crippen LogP contribution in [0, 0.1) is 0 Å². The molecule has 0 aliphatic rings. The molecule has 160 valence electrons. The molecule has 0 spiro atoms. The molecule has 0 unspecified atom stereocenters. The van der Waals surface area contributed by atoms with Crippen molar-refractivity contribution in [2.45, 2.75) is 0 Å². The number of hydrogen-bond acceptors (Lipinski definition) is 6. The largest absolute Gasteiger partial charge is 0.507 e. The SMILES string of the molecule is Oc1ccccc1-c1nc2ccccc2o1.Oc1ccccc1-c1nc2ccccc2o1.[Zn].[Zn]. The van der Waals surface area contributed by atoms with E-state index in [0.29, 0.717) is 22.9 Å². The summed E-state index contributed by atoms with van der Waals surface area (Å²) in [5.74, 6) is 1.24. The van der Waals surface area contributed by atoms with Crippen molar-refractivity contribution in [3.8, 4) is 34.4 Å². The zero-order chi connectivity index (χ0) is 21.9. The number of aromatic nitrogens is 2.